The average molecular weight is 148 g/mol. The van der Waals surface area contributed by atoms with E-state index >= 15 is 0 Å². The smallest absolute Gasteiger partial charge is 0.161 e. The number of hydrogen-bond donors (Lipinski definition) is 4. The summed E-state index contributed by atoms with van der Waals surface area (Å²) in [6.07, 6.45) is 0.102. The number of aliphatic hydroxyl groups is 2. The maximum atomic E-state index is 8.86. The molecule has 0 aromatic carbocycles. The summed E-state index contributed by atoms with van der Waals surface area (Å²) in [5.41, 5.74) is 10.9. The molecule has 0 rings (SSSR count). The van der Waals surface area contributed by atoms with Crippen LogP contribution in [0.2, 0.25) is 0 Å². The molecule has 0 amide bonds. The maximum absolute atomic E-state index is 8.86. The first kappa shape index (κ1) is 9.84. The van der Waals surface area contributed by atoms with Gasteiger partial charge in [0.1, 0.15) is 0 Å². The molecule has 4 heteroatoms. The van der Waals surface area contributed by atoms with Gasteiger partial charge in [-0.1, -0.05) is 0 Å². The van der Waals surface area contributed by atoms with Gasteiger partial charge in [0.05, 0.1) is 0 Å². The van der Waals surface area contributed by atoms with Crippen molar-refractivity contribution in [2.24, 2.45) is 11.5 Å². The molecule has 2 unspecified atom stereocenters. The van der Waals surface area contributed by atoms with Gasteiger partial charge in [0.15, 0.2) is 5.79 Å². The Bertz CT molecular complexity index is 98.4. The lowest BCUT2D eigenvalue weighted by Gasteiger charge is -2.22. The fraction of sp³-hybridized carbons (Fsp3) is 1.00. The lowest BCUT2D eigenvalue weighted by molar-refractivity contribution is -0.153. The van der Waals surface area contributed by atoms with Gasteiger partial charge in [-0.15, -0.1) is 0 Å². The van der Waals surface area contributed by atoms with Gasteiger partial charge in [0.25, 0.3) is 0 Å². The molecule has 0 heterocycles. The zero-order chi connectivity index (χ0) is 8.36. The molecule has 0 spiro atoms. The van der Waals surface area contributed by atoms with E-state index in [1.807, 2.05) is 0 Å². The first-order chi connectivity index (χ1) is 4.33. The van der Waals surface area contributed by atoms with Crippen molar-refractivity contribution in [3.05, 3.63) is 0 Å². The van der Waals surface area contributed by atoms with Crippen LogP contribution in [0.25, 0.3) is 0 Å². The second-order valence-corrected chi connectivity index (χ2v) is 2.94. The monoisotopic (exact) mass is 148 g/mol. The summed E-state index contributed by atoms with van der Waals surface area (Å²) in [4.78, 5) is 0. The van der Waals surface area contributed by atoms with Gasteiger partial charge in [-0.25, -0.2) is 0 Å². The fourth-order valence-corrected chi connectivity index (χ4v) is 0.632. The molecule has 10 heavy (non-hydrogen) atoms. The van der Waals surface area contributed by atoms with Crippen molar-refractivity contribution in [1.82, 2.24) is 0 Å². The van der Waals surface area contributed by atoms with Crippen LogP contribution in [0.3, 0.4) is 0 Å². The summed E-state index contributed by atoms with van der Waals surface area (Å²) in [7, 11) is 0. The van der Waals surface area contributed by atoms with Crippen molar-refractivity contribution in [2.75, 3.05) is 0 Å². The third-order valence-electron chi connectivity index (χ3n) is 1.30. The van der Waals surface area contributed by atoms with E-state index in [1.54, 1.807) is 6.92 Å². The fourth-order valence-electron chi connectivity index (χ4n) is 0.632. The minimum absolute atomic E-state index is 0.102. The topological polar surface area (TPSA) is 92.5 Å². The third kappa shape index (κ3) is 4.69. The van der Waals surface area contributed by atoms with E-state index in [1.165, 1.54) is 6.92 Å². The van der Waals surface area contributed by atoms with E-state index in [0.29, 0.717) is 0 Å². The van der Waals surface area contributed by atoms with Crippen molar-refractivity contribution in [3.63, 3.8) is 0 Å². The molecule has 0 aromatic rings. The molecule has 0 aromatic heterocycles. The predicted octanol–water partition coefficient (Wildman–Crippen LogP) is -1.25. The molecular formula is C6H16N2O2. The zero-order valence-electron chi connectivity index (χ0n) is 6.41. The van der Waals surface area contributed by atoms with Crippen LogP contribution < -0.4 is 11.5 Å². The highest BCUT2D eigenvalue weighted by Gasteiger charge is 2.21. The summed E-state index contributed by atoms with van der Waals surface area (Å²) >= 11 is 0. The molecule has 0 saturated heterocycles. The highest BCUT2D eigenvalue weighted by atomic mass is 16.5. The van der Waals surface area contributed by atoms with Gasteiger partial charge in [0, 0.05) is 18.5 Å². The summed E-state index contributed by atoms with van der Waals surface area (Å²) in [5.74, 6) is -1.70. The minimum Gasteiger partial charge on any atom is -0.366 e. The minimum atomic E-state index is -1.70. The second-order valence-electron chi connectivity index (χ2n) is 2.94. The van der Waals surface area contributed by atoms with E-state index in [0.717, 1.165) is 0 Å². The lowest BCUT2D eigenvalue weighted by Crippen LogP contribution is -2.44. The van der Waals surface area contributed by atoms with E-state index in [2.05, 4.69) is 0 Å². The molecule has 4 nitrogen and oxygen atoms in total. The number of hydrogen-bond acceptors (Lipinski definition) is 4. The van der Waals surface area contributed by atoms with Gasteiger partial charge in [-0.3, -0.25) is 0 Å². The van der Waals surface area contributed by atoms with Crippen molar-refractivity contribution in [1.29, 1.82) is 0 Å². The molecule has 0 saturated carbocycles. The van der Waals surface area contributed by atoms with Gasteiger partial charge in [0.2, 0.25) is 0 Å². The van der Waals surface area contributed by atoms with E-state index in [4.69, 9.17) is 21.7 Å². The second kappa shape index (κ2) is 3.30. The first-order valence-corrected chi connectivity index (χ1v) is 3.29. The molecule has 6 N–H and O–H groups in total. The molecule has 0 fully saturated rings. The Kier molecular flexibility index (Phi) is 3.24. The Morgan fingerprint density at radius 2 is 1.80 bits per heavy atom. The summed E-state index contributed by atoms with van der Waals surface area (Å²) < 4.78 is 0. The lowest BCUT2D eigenvalue weighted by atomic mass is 10.0. The van der Waals surface area contributed by atoms with Crippen LogP contribution in [0.1, 0.15) is 20.3 Å². The highest BCUT2D eigenvalue weighted by molar-refractivity contribution is 4.75. The van der Waals surface area contributed by atoms with E-state index < -0.39 is 5.79 Å². The zero-order valence-corrected chi connectivity index (χ0v) is 6.41. The molecule has 0 aliphatic carbocycles. The molecule has 0 bridgehead atoms. The highest BCUT2D eigenvalue weighted by Crippen LogP contribution is 2.07. The summed E-state index contributed by atoms with van der Waals surface area (Å²) in [5, 5.41) is 17.7. The molecule has 0 radical (unpaired) electrons. The summed E-state index contributed by atoms with van der Waals surface area (Å²) in [6.45, 7) is 3.02. The van der Waals surface area contributed by atoms with Gasteiger partial charge in [-0.05, 0) is 13.8 Å². The van der Waals surface area contributed by atoms with Crippen molar-refractivity contribution in [3.8, 4) is 0 Å². The van der Waals surface area contributed by atoms with Crippen LogP contribution in [-0.4, -0.2) is 28.1 Å². The van der Waals surface area contributed by atoms with Crippen molar-refractivity contribution >= 4 is 0 Å². The Hall–Kier alpha value is -0.160. The van der Waals surface area contributed by atoms with Gasteiger partial charge in [-0.2, -0.15) is 0 Å². The molecule has 2 atom stereocenters. The van der Waals surface area contributed by atoms with Gasteiger partial charge >= 0.3 is 0 Å². The summed E-state index contributed by atoms with van der Waals surface area (Å²) in [6, 6.07) is -0.571. The van der Waals surface area contributed by atoms with Crippen molar-refractivity contribution in [2.45, 2.75) is 38.1 Å². The Morgan fingerprint density at radius 1 is 1.40 bits per heavy atom. The van der Waals surface area contributed by atoms with E-state index in [-0.39, 0.29) is 18.5 Å². The quantitative estimate of drug-likeness (QED) is 0.376. The van der Waals surface area contributed by atoms with E-state index in [9.17, 15) is 0 Å². The van der Waals surface area contributed by atoms with Crippen LogP contribution in [0.4, 0.5) is 0 Å². The number of rotatable bonds is 3. The molecule has 0 aliphatic heterocycles. The number of nitrogens with two attached hydrogens (primary N) is 2. The van der Waals surface area contributed by atoms with Crippen LogP contribution in [-0.2, 0) is 0 Å². The standard InChI is InChI=1S/C6H16N2O2/c1-4(7)5(8)3-6(2,9)10/h4-5,9-10H,3,7-8H2,1-2H3. The Labute approximate surface area is 60.8 Å². The Morgan fingerprint density at radius 3 is 1.90 bits per heavy atom. The SMILES string of the molecule is CC(N)C(N)CC(C)(O)O. The normalized spacial score (nSPS) is 18.6. The van der Waals surface area contributed by atoms with Gasteiger partial charge < -0.3 is 21.7 Å². The third-order valence-corrected chi connectivity index (χ3v) is 1.30. The first-order valence-electron chi connectivity index (χ1n) is 3.29. The Balaban J connectivity index is 3.68. The molecule has 62 valence electrons. The van der Waals surface area contributed by atoms with Crippen molar-refractivity contribution < 1.29 is 10.2 Å². The average Bonchev–Trinajstić information content (AvgIpc) is 1.60. The molecule has 0 aliphatic rings. The largest absolute Gasteiger partial charge is 0.366 e. The van der Waals surface area contributed by atoms with Crippen LogP contribution >= 0.6 is 0 Å². The van der Waals surface area contributed by atoms with Crippen LogP contribution in [0.5, 0.6) is 0 Å². The molecular weight excluding hydrogens is 132 g/mol. The maximum Gasteiger partial charge on any atom is 0.161 e. The predicted molar refractivity (Wildman–Crippen MR) is 39.1 cm³/mol. The van der Waals surface area contributed by atoms with Crippen LogP contribution in [0, 0.1) is 0 Å². The van der Waals surface area contributed by atoms with Crippen LogP contribution in [0.15, 0.2) is 0 Å².